The summed E-state index contributed by atoms with van der Waals surface area (Å²) in [5, 5.41) is 13.4. The fourth-order valence-corrected chi connectivity index (χ4v) is 3.05. The van der Waals surface area contributed by atoms with Crippen LogP contribution in [0.4, 0.5) is 5.69 Å². The zero-order chi connectivity index (χ0) is 16.3. The third-order valence-electron chi connectivity index (χ3n) is 3.38. The number of rotatable bonds is 5. The van der Waals surface area contributed by atoms with E-state index in [1.807, 2.05) is 19.1 Å². The molecule has 1 heterocycles. The number of amides is 1. The molecule has 118 valence electrons. The molecule has 0 bridgehead atoms. The first-order valence-electron chi connectivity index (χ1n) is 7.02. The third-order valence-corrected chi connectivity index (χ3v) is 4.70. The molecule has 2 atom stereocenters. The Kier molecular flexibility index (Phi) is 5.28. The number of nitrogens with zero attached hydrogens (tertiary/aromatic N) is 1. The molecule has 6 heteroatoms. The summed E-state index contributed by atoms with van der Waals surface area (Å²) in [5.41, 5.74) is 1.97. The highest BCUT2D eigenvalue weighted by atomic mass is 32.1. The van der Waals surface area contributed by atoms with Gasteiger partial charge in [-0.3, -0.25) is 4.79 Å². The second kappa shape index (κ2) is 7.00. The lowest BCUT2D eigenvalue weighted by molar-refractivity contribution is 0.102. The normalized spacial score (nSPS) is 13.7. The summed E-state index contributed by atoms with van der Waals surface area (Å²) >= 11 is 1.32. The highest BCUT2D eigenvalue weighted by Gasteiger charge is 2.19. The van der Waals surface area contributed by atoms with Crippen molar-refractivity contribution in [2.45, 2.75) is 33.0 Å². The standard InChI is InChI=1S/C16H20N2O3S/c1-9-14(22-16(17-9)11(3)21-4)15(20)18-13-8-6-5-7-12(13)10(2)19/h5-8,10-11,19H,1-4H3,(H,18,20). The van der Waals surface area contributed by atoms with Gasteiger partial charge in [-0.2, -0.15) is 0 Å². The van der Waals surface area contributed by atoms with E-state index in [2.05, 4.69) is 10.3 Å². The van der Waals surface area contributed by atoms with Gasteiger partial charge < -0.3 is 15.2 Å². The predicted molar refractivity (Wildman–Crippen MR) is 87.3 cm³/mol. The summed E-state index contributed by atoms with van der Waals surface area (Å²) in [6, 6.07) is 7.21. The maximum absolute atomic E-state index is 12.5. The number of nitrogens with one attached hydrogen (secondary N) is 1. The number of hydrogen-bond acceptors (Lipinski definition) is 5. The van der Waals surface area contributed by atoms with Gasteiger partial charge in [-0.25, -0.2) is 4.98 Å². The molecule has 5 nitrogen and oxygen atoms in total. The van der Waals surface area contributed by atoms with Crippen molar-refractivity contribution in [1.29, 1.82) is 0 Å². The van der Waals surface area contributed by atoms with E-state index in [-0.39, 0.29) is 12.0 Å². The molecule has 0 saturated carbocycles. The maximum atomic E-state index is 12.5. The number of anilines is 1. The second-order valence-corrected chi connectivity index (χ2v) is 6.09. The highest BCUT2D eigenvalue weighted by molar-refractivity contribution is 7.14. The van der Waals surface area contributed by atoms with Crippen LogP contribution < -0.4 is 5.32 Å². The summed E-state index contributed by atoms with van der Waals surface area (Å²) in [7, 11) is 1.61. The van der Waals surface area contributed by atoms with E-state index >= 15 is 0 Å². The summed E-state index contributed by atoms with van der Waals surface area (Å²) < 4.78 is 5.24. The van der Waals surface area contributed by atoms with Crippen molar-refractivity contribution in [3.8, 4) is 0 Å². The van der Waals surface area contributed by atoms with Gasteiger partial charge in [0.25, 0.3) is 5.91 Å². The number of carbonyl (C=O) groups is 1. The fourth-order valence-electron chi connectivity index (χ4n) is 2.06. The molecule has 2 aromatic rings. The first-order chi connectivity index (χ1) is 10.4. The minimum Gasteiger partial charge on any atom is -0.389 e. The van der Waals surface area contributed by atoms with Gasteiger partial charge in [0.2, 0.25) is 0 Å². The molecule has 1 aromatic carbocycles. The van der Waals surface area contributed by atoms with Crippen LogP contribution in [0.5, 0.6) is 0 Å². The molecule has 2 N–H and O–H groups in total. The van der Waals surface area contributed by atoms with Gasteiger partial charge in [0, 0.05) is 18.4 Å². The molecule has 2 rings (SSSR count). The van der Waals surface area contributed by atoms with Crippen molar-refractivity contribution in [2.75, 3.05) is 12.4 Å². The van der Waals surface area contributed by atoms with Gasteiger partial charge in [0.05, 0.1) is 11.8 Å². The Morgan fingerprint density at radius 1 is 1.36 bits per heavy atom. The predicted octanol–water partition coefficient (Wildman–Crippen LogP) is 3.46. The topological polar surface area (TPSA) is 71.5 Å². The molecule has 0 fully saturated rings. The van der Waals surface area contributed by atoms with Gasteiger partial charge in [-0.1, -0.05) is 18.2 Å². The molecule has 22 heavy (non-hydrogen) atoms. The number of para-hydroxylation sites is 1. The number of methoxy groups -OCH3 is 1. The first kappa shape index (κ1) is 16.6. The Bertz CT molecular complexity index is 667. The SMILES string of the molecule is COC(C)c1nc(C)c(C(=O)Nc2ccccc2C(C)O)s1. The van der Waals surface area contributed by atoms with Gasteiger partial charge in [-0.15, -0.1) is 11.3 Å². The van der Waals surface area contributed by atoms with Gasteiger partial charge in [-0.05, 0) is 26.8 Å². The highest BCUT2D eigenvalue weighted by Crippen LogP contribution is 2.27. The van der Waals surface area contributed by atoms with Gasteiger partial charge in [0.15, 0.2) is 0 Å². The van der Waals surface area contributed by atoms with Crippen molar-refractivity contribution in [3.05, 3.63) is 45.4 Å². The molecule has 2 unspecified atom stereocenters. The zero-order valence-electron chi connectivity index (χ0n) is 13.1. The smallest absolute Gasteiger partial charge is 0.267 e. The van der Waals surface area contributed by atoms with Crippen molar-refractivity contribution in [1.82, 2.24) is 4.98 Å². The number of aliphatic hydroxyl groups is 1. The Hall–Kier alpha value is -1.76. The molecular weight excluding hydrogens is 300 g/mol. The molecule has 0 spiro atoms. The van der Waals surface area contributed by atoms with Crippen LogP contribution >= 0.6 is 11.3 Å². The molecule has 0 aliphatic carbocycles. The van der Waals surface area contributed by atoms with Crippen LogP contribution in [0.3, 0.4) is 0 Å². The number of benzene rings is 1. The first-order valence-corrected chi connectivity index (χ1v) is 7.84. The Labute approximate surface area is 134 Å². The monoisotopic (exact) mass is 320 g/mol. The molecule has 0 aliphatic rings. The third kappa shape index (κ3) is 3.52. The molecular formula is C16H20N2O3S. The molecule has 1 aromatic heterocycles. The quantitative estimate of drug-likeness (QED) is 0.885. The van der Waals surface area contributed by atoms with Crippen LogP contribution in [-0.4, -0.2) is 23.1 Å². The number of hydrogen-bond donors (Lipinski definition) is 2. The lowest BCUT2D eigenvalue weighted by Gasteiger charge is -2.12. The van der Waals surface area contributed by atoms with E-state index < -0.39 is 6.10 Å². The minimum atomic E-state index is -0.650. The van der Waals surface area contributed by atoms with E-state index in [4.69, 9.17) is 4.74 Å². The molecule has 0 radical (unpaired) electrons. The average molecular weight is 320 g/mol. The Balaban J connectivity index is 2.25. The van der Waals surface area contributed by atoms with E-state index in [0.717, 1.165) is 5.01 Å². The largest absolute Gasteiger partial charge is 0.389 e. The van der Waals surface area contributed by atoms with Gasteiger partial charge >= 0.3 is 0 Å². The molecule has 1 amide bonds. The van der Waals surface area contributed by atoms with Crippen LogP contribution in [0.2, 0.25) is 0 Å². The summed E-state index contributed by atoms with van der Waals surface area (Å²) in [6.45, 7) is 5.36. The lowest BCUT2D eigenvalue weighted by atomic mass is 10.1. The lowest BCUT2D eigenvalue weighted by Crippen LogP contribution is -2.13. The average Bonchev–Trinajstić information content (AvgIpc) is 2.88. The molecule has 0 aliphatic heterocycles. The van der Waals surface area contributed by atoms with Crippen LogP contribution in [0.25, 0.3) is 0 Å². The summed E-state index contributed by atoms with van der Waals surface area (Å²) in [4.78, 5) is 17.4. The van der Waals surface area contributed by atoms with Crippen molar-refractivity contribution in [2.24, 2.45) is 0 Å². The fraction of sp³-hybridized carbons (Fsp3) is 0.375. The van der Waals surface area contributed by atoms with E-state index in [1.165, 1.54) is 11.3 Å². The van der Waals surface area contributed by atoms with Crippen LogP contribution in [-0.2, 0) is 4.74 Å². The summed E-state index contributed by atoms with van der Waals surface area (Å²) in [6.07, 6.45) is -0.793. The van der Waals surface area contributed by atoms with Crippen molar-refractivity contribution in [3.63, 3.8) is 0 Å². The number of aryl methyl sites for hydroxylation is 1. The number of thiazole rings is 1. The van der Waals surface area contributed by atoms with Gasteiger partial charge in [0.1, 0.15) is 16.0 Å². The maximum Gasteiger partial charge on any atom is 0.267 e. The van der Waals surface area contributed by atoms with Crippen LogP contribution in [0.15, 0.2) is 24.3 Å². The Morgan fingerprint density at radius 2 is 2.05 bits per heavy atom. The van der Waals surface area contributed by atoms with Crippen molar-refractivity contribution >= 4 is 22.9 Å². The molecule has 0 saturated heterocycles. The minimum absolute atomic E-state index is 0.144. The Morgan fingerprint density at radius 3 is 2.68 bits per heavy atom. The number of ether oxygens (including phenoxy) is 1. The summed E-state index contributed by atoms with van der Waals surface area (Å²) in [5.74, 6) is -0.224. The second-order valence-electron chi connectivity index (χ2n) is 5.06. The van der Waals surface area contributed by atoms with E-state index in [9.17, 15) is 9.90 Å². The van der Waals surface area contributed by atoms with E-state index in [0.29, 0.717) is 21.8 Å². The zero-order valence-corrected chi connectivity index (χ0v) is 13.9. The van der Waals surface area contributed by atoms with E-state index in [1.54, 1.807) is 33.1 Å². The van der Waals surface area contributed by atoms with Crippen LogP contribution in [0.1, 0.15) is 52.0 Å². The number of aliphatic hydroxyl groups excluding tert-OH is 1. The number of carbonyl (C=O) groups excluding carboxylic acids is 1. The number of aromatic nitrogens is 1. The van der Waals surface area contributed by atoms with Crippen molar-refractivity contribution < 1.29 is 14.6 Å². The van der Waals surface area contributed by atoms with Crippen LogP contribution in [0, 0.1) is 6.92 Å².